The van der Waals surface area contributed by atoms with Crippen LogP contribution in [-0.4, -0.2) is 20.9 Å². The smallest absolute Gasteiger partial charge is 0.213 e. The molecule has 0 spiro atoms. The Hall–Kier alpha value is -2.01. The summed E-state index contributed by atoms with van der Waals surface area (Å²) in [5, 5.41) is 5.65. The lowest BCUT2D eigenvalue weighted by Crippen LogP contribution is -1.94. The lowest BCUT2D eigenvalue weighted by atomic mass is 10.1. The summed E-state index contributed by atoms with van der Waals surface area (Å²) in [5.74, 6) is 0.587. The van der Waals surface area contributed by atoms with Gasteiger partial charge < -0.3 is 0 Å². The molecular weight excluding hydrogens is 270 g/mol. The first-order valence-corrected chi connectivity index (χ1v) is 7.49. The number of carbonyl (C=O) groups excluding carboxylic acids is 1. The van der Waals surface area contributed by atoms with Gasteiger partial charge in [0, 0.05) is 11.5 Å². The molecule has 5 heteroatoms. The van der Waals surface area contributed by atoms with Gasteiger partial charge in [0.2, 0.25) is 4.96 Å². The highest BCUT2D eigenvalue weighted by molar-refractivity contribution is 7.16. The summed E-state index contributed by atoms with van der Waals surface area (Å²) in [7, 11) is 0. The van der Waals surface area contributed by atoms with Crippen LogP contribution in [0.4, 0.5) is 0 Å². The van der Waals surface area contributed by atoms with Crippen molar-refractivity contribution in [1.82, 2.24) is 14.6 Å². The van der Waals surface area contributed by atoms with Crippen molar-refractivity contribution >= 4 is 22.6 Å². The van der Waals surface area contributed by atoms with Crippen LogP contribution in [0.1, 0.15) is 39.8 Å². The van der Waals surface area contributed by atoms with Gasteiger partial charge in [0.15, 0.2) is 6.29 Å². The lowest BCUT2D eigenvalue weighted by Gasteiger charge is -1.99. The van der Waals surface area contributed by atoms with Gasteiger partial charge in [-0.25, -0.2) is 4.98 Å². The van der Waals surface area contributed by atoms with Crippen molar-refractivity contribution in [3.05, 3.63) is 40.5 Å². The third-order valence-electron chi connectivity index (χ3n) is 3.62. The van der Waals surface area contributed by atoms with Crippen LogP contribution in [-0.2, 0) is 0 Å². The van der Waals surface area contributed by atoms with Crippen molar-refractivity contribution in [2.45, 2.75) is 25.7 Å². The maximum Gasteiger partial charge on any atom is 0.213 e. The van der Waals surface area contributed by atoms with Gasteiger partial charge in [-0.3, -0.25) is 4.79 Å². The van der Waals surface area contributed by atoms with Crippen LogP contribution in [0.15, 0.2) is 24.3 Å². The first-order valence-electron chi connectivity index (χ1n) is 6.68. The number of hydrogen-bond acceptors (Lipinski definition) is 4. The molecule has 0 aliphatic heterocycles. The molecule has 4 nitrogen and oxygen atoms in total. The molecule has 2 aromatic heterocycles. The molecule has 0 amide bonds. The number of carbonyl (C=O) groups is 1. The molecule has 1 saturated carbocycles. The van der Waals surface area contributed by atoms with E-state index in [-0.39, 0.29) is 0 Å². The predicted octanol–water partition coefficient (Wildman–Crippen LogP) is 3.46. The minimum Gasteiger partial charge on any atom is -0.296 e. The van der Waals surface area contributed by atoms with E-state index in [1.54, 1.807) is 15.9 Å². The average molecular weight is 283 g/mol. The summed E-state index contributed by atoms with van der Waals surface area (Å²) in [6.45, 7) is 2.04. The largest absolute Gasteiger partial charge is 0.296 e. The molecule has 1 aliphatic rings. The second-order valence-electron chi connectivity index (χ2n) is 5.24. The van der Waals surface area contributed by atoms with Crippen LogP contribution in [0, 0.1) is 6.92 Å². The predicted molar refractivity (Wildman–Crippen MR) is 78.4 cm³/mol. The Morgan fingerprint density at radius 1 is 1.30 bits per heavy atom. The number of nitrogens with zero attached hydrogens (tertiary/aromatic N) is 3. The zero-order valence-corrected chi connectivity index (χ0v) is 11.9. The number of fused-ring (bicyclic) bond motifs is 1. The van der Waals surface area contributed by atoms with Crippen molar-refractivity contribution < 1.29 is 4.79 Å². The molecule has 1 aromatic carbocycles. The standard InChI is InChI=1S/C15H13N3OS/c1-9-2-4-10(5-3-9)13-12(8-19)18-15(16-13)20-14(17-18)11-6-7-11/h2-5,8,11H,6-7H2,1H3. The van der Waals surface area contributed by atoms with Gasteiger partial charge in [-0.2, -0.15) is 9.61 Å². The quantitative estimate of drug-likeness (QED) is 0.692. The van der Waals surface area contributed by atoms with Crippen LogP contribution < -0.4 is 0 Å². The van der Waals surface area contributed by atoms with Gasteiger partial charge in [0.05, 0.1) is 0 Å². The summed E-state index contributed by atoms with van der Waals surface area (Å²) >= 11 is 1.60. The topological polar surface area (TPSA) is 47.3 Å². The van der Waals surface area contributed by atoms with Crippen molar-refractivity contribution in [3.8, 4) is 11.3 Å². The molecule has 3 aromatic rings. The first-order chi connectivity index (χ1) is 9.76. The van der Waals surface area contributed by atoms with E-state index < -0.39 is 0 Å². The fourth-order valence-corrected chi connectivity index (χ4v) is 3.38. The Labute approximate surface area is 120 Å². The first kappa shape index (κ1) is 11.8. The second kappa shape index (κ2) is 4.24. The van der Waals surface area contributed by atoms with E-state index in [1.165, 1.54) is 18.4 Å². The van der Waals surface area contributed by atoms with Crippen molar-refractivity contribution in [3.63, 3.8) is 0 Å². The van der Waals surface area contributed by atoms with Gasteiger partial charge in [0.1, 0.15) is 16.4 Å². The Morgan fingerprint density at radius 3 is 2.70 bits per heavy atom. The number of rotatable bonds is 3. The fraction of sp³-hybridized carbons (Fsp3) is 0.267. The van der Waals surface area contributed by atoms with Crippen LogP contribution in [0.5, 0.6) is 0 Å². The molecule has 0 bridgehead atoms. The maximum atomic E-state index is 11.4. The number of aromatic nitrogens is 3. The van der Waals surface area contributed by atoms with Crippen molar-refractivity contribution in [2.75, 3.05) is 0 Å². The van der Waals surface area contributed by atoms with Gasteiger partial charge >= 0.3 is 0 Å². The highest BCUT2D eigenvalue weighted by Crippen LogP contribution is 2.42. The van der Waals surface area contributed by atoms with Crippen LogP contribution in [0.25, 0.3) is 16.2 Å². The number of aldehydes is 1. The number of benzene rings is 1. The van der Waals surface area contributed by atoms with E-state index in [1.807, 2.05) is 31.2 Å². The second-order valence-corrected chi connectivity index (χ2v) is 6.23. The normalized spacial score (nSPS) is 14.8. The SMILES string of the molecule is Cc1ccc(-c2nc3sc(C4CC4)nn3c2C=O)cc1. The van der Waals surface area contributed by atoms with Gasteiger partial charge in [0.25, 0.3) is 0 Å². The number of aryl methyl sites for hydroxylation is 1. The molecule has 0 atom stereocenters. The van der Waals surface area contributed by atoms with Crippen molar-refractivity contribution in [2.24, 2.45) is 0 Å². The summed E-state index contributed by atoms with van der Waals surface area (Å²) in [5.41, 5.74) is 3.42. The van der Waals surface area contributed by atoms with E-state index in [2.05, 4.69) is 10.1 Å². The van der Waals surface area contributed by atoms with Crippen LogP contribution in [0.2, 0.25) is 0 Å². The summed E-state index contributed by atoms with van der Waals surface area (Å²) in [6, 6.07) is 8.05. The molecule has 1 aliphatic carbocycles. The molecule has 100 valence electrons. The van der Waals surface area contributed by atoms with Gasteiger partial charge in [-0.1, -0.05) is 41.2 Å². The third-order valence-corrected chi connectivity index (χ3v) is 4.69. The average Bonchev–Trinajstić information content (AvgIpc) is 3.13. The summed E-state index contributed by atoms with van der Waals surface area (Å²) in [6.07, 6.45) is 3.27. The van der Waals surface area contributed by atoms with Gasteiger partial charge in [-0.15, -0.1) is 0 Å². The molecule has 20 heavy (non-hydrogen) atoms. The zero-order valence-electron chi connectivity index (χ0n) is 11.0. The van der Waals surface area contributed by atoms with E-state index in [9.17, 15) is 4.79 Å². The maximum absolute atomic E-state index is 11.4. The van der Waals surface area contributed by atoms with E-state index in [0.29, 0.717) is 11.6 Å². The molecule has 0 N–H and O–H groups in total. The number of imidazole rings is 1. The van der Waals surface area contributed by atoms with E-state index in [4.69, 9.17) is 0 Å². The van der Waals surface area contributed by atoms with E-state index >= 15 is 0 Å². The van der Waals surface area contributed by atoms with Gasteiger partial charge in [-0.05, 0) is 19.8 Å². The molecule has 2 heterocycles. The molecule has 0 saturated heterocycles. The molecule has 0 radical (unpaired) electrons. The van der Waals surface area contributed by atoms with Crippen molar-refractivity contribution in [1.29, 1.82) is 0 Å². The minimum atomic E-state index is 0.548. The lowest BCUT2D eigenvalue weighted by molar-refractivity contribution is 0.111. The summed E-state index contributed by atoms with van der Waals surface area (Å²) < 4.78 is 1.69. The molecule has 1 fully saturated rings. The Balaban J connectivity index is 1.88. The molecule has 0 unspecified atom stereocenters. The Kier molecular flexibility index (Phi) is 2.50. The number of hydrogen-bond donors (Lipinski definition) is 0. The Bertz CT molecular complexity index is 796. The van der Waals surface area contributed by atoms with E-state index in [0.717, 1.165) is 27.5 Å². The minimum absolute atomic E-state index is 0.548. The highest BCUT2D eigenvalue weighted by Gasteiger charge is 2.29. The fourth-order valence-electron chi connectivity index (χ4n) is 2.30. The highest BCUT2D eigenvalue weighted by atomic mass is 32.1. The van der Waals surface area contributed by atoms with Crippen LogP contribution in [0.3, 0.4) is 0 Å². The Morgan fingerprint density at radius 2 is 2.05 bits per heavy atom. The molecular formula is C15H13N3OS. The molecule has 4 rings (SSSR count). The zero-order chi connectivity index (χ0) is 13.7. The summed E-state index contributed by atoms with van der Waals surface area (Å²) in [4.78, 5) is 16.9. The van der Waals surface area contributed by atoms with Crippen LogP contribution >= 0.6 is 11.3 Å². The third kappa shape index (κ3) is 1.78. The monoisotopic (exact) mass is 283 g/mol.